The largest absolute Gasteiger partial charge is 0.486 e. The molecule has 0 radical (unpaired) electrons. The van der Waals surface area contributed by atoms with Crippen LogP contribution in [0.5, 0.6) is 11.5 Å². The number of aliphatic hydroxyl groups excluding tert-OH is 4. The number of benzene rings is 2. The van der Waals surface area contributed by atoms with Gasteiger partial charge in [-0.1, -0.05) is 17.7 Å². The number of anilines is 1. The van der Waals surface area contributed by atoms with Crippen molar-refractivity contribution in [2.24, 2.45) is 0 Å². The van der Waals surface area contributed by atoms with Crippen molar-refractivity contribution in [1.82, 2.24) is 5.32 Å². The van der Waals surface area contributed by atoms with Gasteiger partial charge < -0.3 is 55.2 Å². The van der Waals surface area contributed by atoms with E-state index in [1.165, 1.54) is 43.3 Å². The summed E-state index contributed by atoms with van der Waals surface area (Å²) in [7, 11) is 0. The van der Waals surface area contributed by atoms with Crippen molar-refractivity contribution < 1.29 is 57.7 Å². The molecule has 0 spiro atoms. The summed E-state index contributed by atoms with van der Waals surface area (Å²) in [5, 5.41) is 44.6. The minimum atomic E-state index is -1.92. The fourth-order valence-corrected chi connectivity index (χ4v) is 5.65. The van der Waals surface area contributed by atoms with E-state index in [1.54, 1.807) is 13.0 Å². The number of ether oxygens (including phenoxy) is 5. The summed E-state index contributed by atoms with van der Waals surface area (Å²) in [5.74, 6) is -1.22. The van der Waals surface area contributed by atoms with Gasteiger partial charge in [-0.05, 0) is 67.5 Å². The molecular weight excluding hydrogens is 634 g/mol. The number of alkyl halides is 1. The van der Waals surface area contributed by atoms with E-state index >= 15 is 0 Å². The maximum absolute atomic E-state index is 15.0. The van der Waals surface area contributed by atoms with Crippen molar-refractivity contribution in [2.45, 2.75) is 75.1 Å². The first kappa shape index (κ1) is 34.0. The van der Waals surface area contributed by atoms with E-state index in [0.717, 1.165) is 6.07 Å². The van der Waals surface area contributed by atoms with Crippen LogP contribution >= 0.6 is 11.6 Å². The third kappa shape index (κ3) is 7.14. The number of carbonyl (C=O) groups is 1. The van der Waals surface area contributed by atoms with Gasteiger partial charge in [0, 0.05) is 10.6 Å². The maximum Gasteiger partial charge on any atom is 0.247 e. The van der Waals surface area contributed by atoms with Gasteiger partial charge in [0.05, 0.1) is 11.7 Å². The Bertz CT molecular complexity index is 1500. The van der Waals surface area contributed by atoms with Crippen LogP contribution in [0.3, 0.4) is 0 Å². The van der Waals surface area contributed by atoms with Gasteiger partial charge in [-0.15, -0.1) is 0 Å². The molecule has 7 N–H and O–H groups in total. The highest BCUT2D eigenvalue weighted by atomic mass is 35.5. The highest BCUT2D eigenvalue weighted by Gasteiger charge is 2.53. The fraction of sp³-hybridized carbons (Fsp3) is 0.452. The average Bonchev–Trinajstić information content (AvgIpc) is 3.62. The zero-order valence-corrected chi connectivity index (χ0v) is 25.5. The Morgan fingerprint density at radius 3 is 2.43 bits per heavy atom. The molecule has 2 aromatic rings. The van der Waals surface area contributed by atoms with Crippen LogP contribution in [0.4, 0.5) is 14.5 Å². The number of nitrogens with one attached hydrogen (secondary N) is 1. The molecular formula is C31H35ClF2N2O10. The average molecular weight is 669 g/mol. The lowest BCUT2D eigenvalue weighted by Crippen LogP contribution is -2.67. The molecule has 46 heavy (non-hydrogen) atoms. The van der Waals surface area contributed by atoms with Gasteiger partial charge in [0.1, 0.15) is 61.9 Å². The monoisotopic (exact) mass is 668 g/mol. The summed E-state index contributed by atoms with van der Waals surface area (Å²) in [6.45, 7) is 2.87. The molecule has 2 heterocycles. The molecule has 1 amide bonds. The Morgan fingerprint density at radius 2 is 1.74 bits per heavy atom. The van der Waals surface area contributed by atoms with E-state index in [4.69, 9.17) is 41.0 Å². The number of amides is 1. The zero-order valence-electron chi connectivity index (χ0n) is 24.8. The van der Waals surface area contributed by atoms with Crippen molar-refractivity contribution >= 4 is 29.3 Å². The first-order chi connectivity index (χ1) is 21.8. The Kier molecular flexibility index (Phi) is 10.5. The molecule has 3 fully saturated rings. The van der Waals surface area contributed by atoms with E-state index in [9.17, 15) is 34.0 Å². The molecule has 3 aliphatic rings. The normalized spacial score (nSPS) is 33.1. The van der Waals surface area contributed by atoms with E-state index in [1.807, 2.05) is 0 Å². The molecule has 10 atom stereocenters. The minimum Gasteiger partial charge on any atom is -0.486 e. The third-order valence-corrected chi connectivity index (χ3v) is 8.32. The Balaban J connectivity index is 1.18. The van der Waals surface area contributed by atoms with Crippen LogP contribution in [0.2, 0.25) is 5.02 Å². The summed E-state index contributed by atoms with van der Waals surface area (Å²) in [6, 6.07) is 7.22. The number of halogens is 3. The number of nitrogens with two attached hydrogens (primary N) is 1. The molecule has 250 valence electrons. The van der Waals surface area contributed by atoms with Gasteiger partial charge in [0.2, 0.25) is 12.2 Å². The van der Waals surface area contributed by atoms with E-state index < -0.39 is 73.0 Å². The Labute approximate surface area is 267 Å². The lowest BCUT2D eigenvalue weighted by atomic mass is 9.83. The van der Waals surface area contributed by atoms with Gasteiger partial charge in [0.25, 0.3) is 0 Å². The van der Waals surface area contributed by atoms with Crippen molar-refractivity contribution in [2.75, 3.05) is 19.1 Å². The third-order valence-electron chi connectivity index (χ3n) is 8.08. The standard InChI is InChI=1S/C31H35ClF2N2O10/c1-13(7-8-42-19-6-4-16(32)11-17(19)33)27-23(37)21(34)31(46-27)45-20-5-3-15(10-18(20)35)9-14(2)30(41)36-22-24(38)26(40)29-28(25(22)39)43-12-44-29/h3-7,9-11,21-29,31,37-40H,8,12,35H2,1-2H3,(H,36,41)/b13-7+,14-9+/t21-,22-,23+,24+,25-,26-,27-,28+,29-,31-/m1/s1. The second kappa shape index (κ2) is 14.2. The van der Waals surface area contributed by atoms with Gasteiger partial charge in [-0.25, -0.2) is 8.78 Å². The highest BCUT2D eigenvalue weighted by Crippen LogP contribution is 2.34. The second-order valence-electron chi connectivity index (χ2n) is 11.3. The molecule has 12 nitrogen and oxygen atoms in total. The smallest absolute Gasteiger partial charge is 0.247 e. The number of rotatable bonds is 9. The molecule has 1 saturated carbocycles. The van der Waals surface area contributed by atoms with Gasteiger partial charge in [0.15, 0.2) is 17.7 Å². The fourth-order valence-electron chi connectivity index (χ4n) is 5.49. The van der Waals surface area contributed by atoms with E-state index in [0.29, 0.717) is 11.1 Å². The summed E-state index contributed by atoms with van der Waals surface area (Å²) in [6.07, 6.45) is -9.05. The molecule has 0 aromatic heterocycles. The molecule has 5 rings (SSSR count). The number of hydrogen-bond acceptors (Lipinski definition) is 11. The minimum absolute atomic E-state index is 0.0233. The number of fused-ring (bicyclic) bond motifs is 1. The number of carbonyl (C=O) groups excluding carboxylic acids is 1. The van der Waals surface area contributed by atoms with Crippen molar-refractivity contribution in [3.8, 4) is 11.5 Å². The van der Waals surface area contributed by atoms with Gasteiger partial charge in [-0.3, -0.25) is 4.79 Å². The van der Waals surface area contributed by atoms with Crippen LogP contribution in [0.1, 0.15) is 19.4 Å². The van der Waals surface area contributed by atoms with E-state index in [-0.39, 0.29) is 41.2 Å². The van der Waals surface area contributed by atoms with Crippen molar-refractivity contribution in [1.29, 1.82) is 0 Å². The maximum atomic E-state index is 15.0. The van der Waals surface area contributed by atoms with Gasteiger partial charge >= 0.3 is 0 Å². The molecule has 2 saturated heterocycles. The quantitative estimate of drug-likeness (QED) is 0.130. The lowest BCUT2D eigenvalue weighted by molar-refractivity contribution is -0.155. The summed E-state index contributed by atoms with van der Waals surface area (Å²) in [4.78, 5) is 12.9. The molecule has 0 unspecified atom stereocenters. The highest BCUT2D eigenvalue weighted by molar-refractivity contribution is 6.30. The number of hydrogen-bond donors (Lipinski definition) is 6. The lowest BCUT2D eigenvalue weighted by Gasteiger charge is -2.41. The Morgan fingerprint density at radius 1 is 1.04 bits per heavy atom. The van der Waals surface area contributed by atoms with Crippen LogP contribution in [0.15, 0.2) is 53.6 Å². The van der Waals surface area contributed by atoms with Crippen LogP contribution in [-0.2, 0) is 19.0 Å². The topological polar surface area (TPSA) is 182 Å². The summed E-state index contributed by atoms with van der Waals surface area (Å²) >= 11 is 5.74. The number of aliphatic hydroxyl groups is 4. The van der Waals surface area contributed by atoms with Crippen molar-refractivity contribution in [3.63, 3.8) is 0 Å². The predicted molar refractivity (Wildman–Crippen MR) is 160 cm³/mol. The Hall–Kier alpha value is -3.34. The van der Waals surface area contributed by atoms with Crippen molar-refractivity contribution in [3.05, 3.63) is 70.0 Å². The molecule has 1 aliphatic carbocycles. The summed E-state index contributed by atoms with van der Waals surface area (Å²) in [5.41, 5.74) is 7.33. The second-order valence-corrected chi connectivity index (χ2v) is 11.7. The number of nitrogen functional groups attached to an aromatic ring is 1. The summed E-state index contributed by atoms with van der Waals surface area (Å²) < 4.78 is 56.1. The molecule has 2 aromatic carbocycles. The first-order valence-corrected chi connectivity index (χ1v) is 14.8. The predicted octanol–water partition coefficient (Wildman–Crippen LogP) is 1.62. The van der Waals surface area contributed by atoms with E-state index in [2.05, 4.69) is 5.32 Å². The van der Waals surface area contributed by atoms with Crippen LogP contribution in [0.25, 0.3) is 6.08 Å². The van der Waals surface area contributed by atoms with Gasteiger partial charge in [-0.2, -0.15) is 0 Å². The SMILES string of the molecule is C/C(=C\c1ccc(O[C@@H]2O[C@H](/C(C)=C/COc3ccc(Cl)cc3F)[C@@H](O)[C@H]2F)c(N)c1)C(=O)N[C@@H]1[C@H](O)[C@@H](O)[C@H]2OCO[C@H]2[C@@H]1O. The van der Waals surface area contributed by atoms with Crippen LogP contribution in [-0.4, -0.2) is 101 Å². The molecule has 15 heteroatoms. The zero-order chi connectivity index (χ0) is 33.3. The van der Waals surface area contributed by atoms with Crippen LogP contribution in [0, 0.1) is 5.82 Å². The first-order valence-electron chi connectivity index (χ1n) is 14.4. The molecule has 0 bridgehead atoms. The van der Waals surface area contributed by atoms with Crippen LogP contribution < -0.4 is 20.5 Å². The molecule has 2 aliphatic heterocycles.